The molecule has 1 unspecified atom stereocenters. The lowest BCUT2D eigenvalue weighted by Gasteiger charge is -2.08. The van der Waals surface area contributed by atoms with E-state index in [0.717, 1.165) is 12.1 Å². The van der Waals surface area contributed by atoms with Crippen LogP contribution in [0.2, 0.25) is 0 Å². The first-order valence-corrected chi connectivity index (χ1v) is 4.61. The predicted octanol–water partition coefficient (Wildman–Crippen LogP) is 2.24. The van der Waals surface area contributed by atoms with E-state index in [2.05, 4.69) is 30.0 Å². The topological polar surface area (TPSA) is 30.2 Å². The Labute approximate surface area is 77.4 Å². The van der Waals surface area contributed by atoms with Crippen molar-refractivity contribution in [2.75, 3.05) is 0 Å². The zero-order chi connectivity index (χ0) is 9.26. The highest BCUT2D eigenvalue weighted by Gasteiger charge is 2.08. The second-order valence-electron chi connectivity index (χ2n) is 3.29. The van der Waals surface area contributed by atoms with Gasteiger partial charge in [-0.3, -0.25) is 0 Å². The van der Waals surface area contributed by atoms with Crippen molar-refractivity contribution in [3.05, 3.63) is 30.2 Å². The molecule has 0 saturated heterocycles. The van der Waals surface area contributed by atoms with Crippen molar-refractivity contribution >= 4 is 5.65 Å². The van der Waals surface area contributed by atoms with E-state index in [1.54, 1.807) is 6.20 Å². The van der Waals surface area contributed by atoms with Crippen molar-refractivity contribution in [3.63, 3.8) is 0 Å². The lowest BCUT2D eigenvalue weighted by molar-refractivity contribution is 0.727. The summed E-state index contributed by atoms with van der Waals surface area (Å²) in [6, 6.07) is 2.05. The second kappa shape index (κ2) is 3.17. The van der Waals surface area contributed by atoms with E-state index in [0.29, 0.717) is 5.92 Å². The molecular formula is C10H13N3. The second-order valence-corrected chi connectivity index (χ2v) is 3.29. The summed E-state index contributed by atoms with van der Waals surface area (Å²) in [6.45, 7) is 4.40. The Bertz CT molecular complexity index is 405. The van der Waals surface area contributed by atoms with Crippen LogP contribution in [-0.4, -0.2) is 14.6 Å². The molecule has 0 N–H and O–H groups in total. The first-order chi connectivity index (χ1) is 6.33. The average Bonchev–Trinajstić information content (AvgIpc) is 2.63. The van der Waals surface area contributed by atoms with Crippen LogP contribution < -0.4 is 0 Å². The molecule has 0 amide bonds. The average molecular weight is 175 g/mol. The van der Waals surface area contributed by atoms with Crippen molar-refractivity contribution in [2.45, 2.75) is 26.2 Å². The third-order valence-corrected chi connectivity index (χ3v) is 2.47. The number of fused-ring (bicyclic) bond motifs is 1. The Balaban J connectivity index is 2.60. The van der Waals surface area contributed by atoms with Gasteiger partial charge in [0.15, 0.2) is 5.65 Å². The first-order valence-electron chi connectivity index (χ1n) is 4.61. The van der Waals surface area contributed by atoms with E-state index in [4.69, 9.17) is 0 Å². The standard InChI is InChI=1S/C10H13N3/c1-3-8(2)9-4-5-12-13-7-6-11-10(9)13/h4-8H,3H2,1-2H3. The fourth-order valence-electron chi connectivity index (χ4n) is 1.46. The molecular weight excluding hydrogens is 162 g/mol. The molecule has 2 aromatic heterocycles. The normalized spacial score (nSPS) is 13.4. The largest absolute Gasteiger partial charge is 0.235 e. The van der Waals surface area contributed by atoms with E-state index in [-0.39, 0.29) is 0 Å². The maximum Gasteiger partial charge on any atom is 0.156 e. The summed E-state index contributed by atoms with van der Waals surface area (Å²) in [5.74, 6) is 0.549. The quantitative estimate of drug-likeness (QED) is 0.700. The van der Waals surface area contributed by atoms with Gasteiger partial charge in [-0.2, -0.15) is 5.10 Å². The molecule has 13 heavy (non-hydrogen) atoms. The van der Waals surface area contributed by atoms with Gasteiger partial charge in [-0.1, -0.05) is 13.8 Å². The van der Waals surface area contributed by atoms with Crippen LogP contribution in [-0.2, 0) is 0 Å². The number of hydrogen-bond donors (Lipinski definition) is 0. The molecule has 68 valence electrons. The van der Waals surface area contributed by atoms with Gasteiger partial charge in [0.25, 0.3) is 0 Å². The SMILES string of the molecule is CCC(C)c1ccnn2ccnc12. The van der Waals surface area contributed by atoms with Gasteiger partial charge in [0, 0.05) is 24.2 Å². The van der Waals surface area contributed by atoms with Gasteiger partial charge >= 0.3 is 0 Å². The van der Waals surface area contributed by atoms with Crippen LogP contribution in [0.5, 0.6) is 0 Å². The predicted molar refractivity (Wildman–Crippen MR) is 51.7 cm³/mol. The van der Waals surface area contributed by atoms with Gasteiger partial charge in [0.2, 0.25) is 0 Å². The zero-order valence-electron chi connectivity index (χ0n) is 7.94. The molecule has 0 fully saturated rings. The van der Waals surface area contributed by atoms with Gasteiger partial charge in [-0.15, -0.1) is 0 Å². The Morgan fingerprint density at radius 1 is 1.46 bits per heavy atom. The summed E-state index contributed by atoms with van der Waals surface area (Å²) in [6.07, 6.45) is 6.62. The lowest BCUT2D eigenvalue weighted by atomic mass is 10.0. The molecule has 3 nitrogen and oxygen atoms in total. The Morgan fingerprint density at radius 3 is 3.08 bits per heavy atom. The van der Waals surface area contributed by atoms with Gasteiger partial charge < -0.3 is 0 Å². The van der Waals surface area contributed by atoms with Gasteiger partial charge in [0.1, 0.15) is 0 Å². The van der Waals surface area contributed by atoms with E-state index in [1.807, 2.05) is 16.9 Å². The van der Waals surface area contributed by atoms with Crippen LogP contribution in [0.1, 0.15) is 31.7 Å². The molecule has 0 radical (unpaired) electrons. The molecule has 0 aliphatic heterocycles. The Morgan fingerprint density at radius 2 is 2.31 bits per heavy atom. The van der Waals surface area contributed by atoms with Crippen molar-refractivity contribution in [3.8, 4) is 0 Å². The Kier molecular flexibility index (Phi) is 2.00. The minimum Gasteiger partial charge on any atom is -0.235 e. The molecule has 0 aliphatic rings. The van der Waals surface area contributed by atoms with E-state index in [9.17, 15) is 0 Å². The maximum absolute atomic E-state index is 4.29. The van der Waals surface area contributed by atoms with Gasteiger partial charge in [-0.25, -0.2) is 9.50 Å². The molecule has 2 aromatic rings. The summed E-state index contributed by atoms with van der Waals surface area (Å²) in [5.41, 5.74) is 2.26. The molecule has 3 heteroatoms. The van der Waals surface area contributed by atoms with Crippen molar-refractivity contribution in [1.82, 2.24) is 14.6 Å². The summed E-state index contributed by atoms with van der Waals surface area (Å²) in [4.78, 5) is 4.29. The number of hydrogen-bond acceptors (Lipinski definition) is 2. The fourth-order valence-corrected chi connectivity index (χ4v) is 1.46. The first kappa shape index (κ1) is 8.23. The third kappa shape index (κ3) is 1.30. The minimum atomic E-state index is 0.549. The summed E-state index contributed by atoms with van der Waals surface area (Å²) in [7, 11) is 0. The Hall–Kier alpha value is -1.38. The molecule has 2 heterocycles. The molecule has 0 saturated carbocycles. The highest BCUT2D eigenvalue weighted by Crippen LogP contribution is 2.21. The smallest absolute Gasteiger partial charge is 0.156 e. The van der Waals surface area contributed by atoms with E-state index in [1.165, 1.54) is 5.56 Å². The molecule has 1 atom stereocenters. The van der Waals surface area contributed by atoms with Crippen molar-refractivity contribution in [1.29, 1.82) is 0 Å². The fraction of sp³-hybridized carbons (Fsp3) is 0.400. The van der Waals surface area contributed by atoms with Crippen molar-refractivity contribution in [2.24, 2.45) is 0 Å². The van der Waals surface area contributed by atoms with Crippen molar-refractivity contribution < 1.29 is 0 Å². The molecule has 0 aliphatic carbocycles. The van der Waals surface area contributed by atoms with Crippen LogP contribution in [0.4, 0.5) is 0 Å². The minimum absolute atomic E-state index is 0.549. The molecule has 0 spiro atoms. The molecule has 0 aromatic carbocycles. The van der Waals surface area contributed by atoms with Gasteiger partial charge in [0.05, 0.1) is 0 Å². The maximum atomic E-state index is 4.29. The van der Waals surface area contributed by atoms with E-state index < -0.39 is 0 Å². The zero-order valence-corrected chi connectivity index (χ0v) is 7.94. The number of aromatic nitrogens is 3. The number of nitrogens with zero attached hydrogens (tertiary/aromatic N) is 3. The summed E-state index contributed by atoms with van der Waals surface area (Å²) in [5, 5.41) is 4.17. The molecule has 0 bridgehead atoms. The highest BCUT2D eigenvalue weighted by molar-refractivity contribution is 5.47. The third-order valence-electron chi connectivity index (χ3n) is 2.47. The van der Waals surface area contributed by atoms with Crippen LogP contribution in [0.3, 0.4) is 0 Å². The van der Waals surface area contributed by atoms with Crippen LogP contribution in [0, 0.1) is 0 Å². The molecule has 2 rings (SSSR count). The van der Waals surface area contributed by atoms with Crippen LogP contribution in [0.25, 0.3) is 5.65 Å². The van der Waals surface area contributed by atoms with E-state index >= 15 is 0 Å². The summed E-state index contributed by atoms with van der Waals surface area (Å²) < 4.78 is 1.82. The summed E-state index contributed by atoms with van der Waals surface area (Å²) >= 11 is 0. The lowest BCUT2D eigenvalue weighted by Crippen LogP contribution is -1.98. The van der Waals surface area contributed by atoms with Crippen LogP contribution >= 0.6 is 0 Å². The monoisotopic (exact) mass is 175 g/mol. The number of imidazole rings is 1. The highest BCUT2D eigenvalue weighted by atomic mass is 15.2. The van der Waals surface area contributed by atoms with Crippen LogP contribution in [0.15, 0.2) is 24.7 Å². The van der Waals surface area contributed by atoms with Gasteiger partial charge in [-0.05, 0) is 18.4 Å². The number of rotatable bonds is 2.